The molecule has 7 heteroatoms. The van der Waals surface area contributed by atoms with E-state index in [-0.39, 0.29) is 18.4 Å². The zero-order chi connectivity index (χ0) is 14.4. The number of nitrogen functional groups attached to an aromatic ring is 1. The van der Waals surface area contributed by atoms with E-state index in [1.54, 1.807) is 24.3 Å². The number of ether oxygens (including phenoxy) is 1. The summed E-state index contributed by atoms with van der Waals surface area (Å²) in [6.45, 7) is 0.140. The number of rotatable bonds is 6. The van der Waals surface area contributed by atoms with E-state index >= 15 is 0 Å². The molecule has 0 aromatic heterocycles. The summed E-state index contributed by atoms with van der Waals surface area (Å²) < 4.78 is 32.0. The Morgan fingerprint density at radius 3 is 2.55 bits per heavy atom. The van der Waals surface area contributed by atoms with E-state index in [9.17, 15) is 8.42 Å². The summed E-state index contributed by atoms with van der Waals surface area (Å²) in [5.74, 6) is 2.65. The van der Waals surface area contributed by atoms with Crippen molar-refractivity contribution in [3.63, 3.8) is 0 Å². The molecule has 112 valence electrons. The van der Waals surface area contributed by atoms with Gasteiger partial charge in [0.25, 0.3) is 0 Å². The lowest BCUT2D eigenvalue weighted by atomic mass is 10.2. The van der Waals surface area contributed by atoms with Crippen LogP contribution in [0.3, 0.4) is 0 Å². The van der Waals surface area contributed by atoms with E-state index < -0.39 is 10.0 Å². The molecule has 2 rings (SSSR count). The van der Waals surface area contributed by atoms with E-state index in [4.69, 9.17) is 10.5 Å². The van der Waals surface area contributed by atoms with Gasteiger partial charge in [0.1, 0.15) is 12.4 Å². The van der Waals surface area contributed by atoms with E-state index in [1.807, 2.05) is 11.8 Å². The molecule has 5 nitrogen and oxygen atoms in total. The molecule has 1 aromatic carbocycles. The van der Waals surface area contributed by atoms with Crippen molar-refractivity contribution in [2.45, 2.75) is 18.9 Å². The highest BCUT2D eigenvalue weighted by Crippen LogP contribution is 2.17. The Balaban J connectivity index is 1.75. The number of hydrogen-bond acceptors (Lipinski definition) is 5. The van der Waals surface area contributed by atoms with Gasteiger partial charge in [-0.15, -0.1) is 0 Å². The second kappa shape index (κ2) is 7.19. The van der Waals surface area contributed by atoms with Gasteiger partial charge in [0.15, 0.2) is 0 Å². The van der Waals surface area contributed by atoms with Gasteiger partial charge in [-0.2, -0.15) is 11.8 Å². The monoisotopic (exact) mass is 316 g/mol. The minimum Gasteiger partial charge on any atom is -0.492 e. The van der Waals surface area contributed by atoms with Crippen LogP contribution in [0.5, 0.6) is 5.75 Å². The van der Waals surface area contributed by atoms with Gasteiger partial charge in [0.05, 0.1) is 5.75 Å². The number of nitrogens with one attached hydrogen (secondary N) is 1. The summed E-state index contributed by atoms with van der Waals surface area (Å²) >= 11 is 1.87. The van der Waals surface area contributed by atoms with Crippen LogP contribution >= 0.6 is 11.8 Å². The molecule has 0 spiro atoms. The second-order valence-corrected chi connectivity index (χ2v) is 7.84. The van der Waals surface area contributed by atoms with Crippen LogP contribution in [-0.4, -0.2) is 38.3 Å². The first-order valence-electron chi connectivity index (χ1n) is 6.61. The number of benzene rings is 1. The molecule has 1 aliphatic heterocycles. The van der Waals surface area contributed by atoms with Crippen LogP contribution in [0.1, 0.15) is 12.8 Å². The van der Waals surface area contributed by atoms with Gasteiger partial charge in [-0.25, -0.2) is 13.1 Å². The largest absolute Gasteiger partial charge is 0.492 e. The third-order valence-corrected chi connectivity index (χ3v) is 5.51. The van der Waals surface area contributed by atoms with E-state index in [2.05, 4.69) is 4.72 Å². The van der Waals surface area contributed by atoms with Crippen molar-refractivity contribution in [1.29, 1.82) is 0 Å². The summed E-state index contributed by atoms with van der Waals surface area (Å²) in [7, 11) is -3.27. The number of sulfonamides is 1. The molecule has 0 radical (unpaired) electrons. The van der Waals surface area contributed by atoms with Crippen LogP contribution in [0.2, 0.25) is 0 Å². The summed E-state index contributed by atoms with van der Waals surface area (Å²) in [6.07, 6.45) is 1.81. The first-order valence-corrected chi connectivity index (χ1v) is 9.42. The van der Waals surface area contributed by atoms with Crippen molar-refractivity contribution in [3.8, 4) is 5.75 Å². The Morgan fingerprint density at radius 1 is 1.25 bits per heavy atom. The molecule has 0 amide bonds. The predicted octanol–water partition coefficient (Wildman–Crippen LogP) is 1.46. The average molecular weight is 316 g/mol. The van der Waals surface area contributed by atoms with Crippen LogP contribution in [-0.2, 0) is 10.0 Å². The molecule has 0 aliphatic carbocycles. The Labute approximate surface area is 124 Å². The molecule has 1 aliphatic rings. The van der Waals surface area contributed by atoms with E-state index in [1.165, 1.54) is 0 Å². The second-order valence-electron chi connectivity index (χ2n) is 4.74. The molecule has 1 heterocycles. The van der Waals surface area contributed by atoms with Gasteiger partial charge in [-0.1, -0.05) is 0 Å². The summed E-state index contributed by atoms with van der Waals surface area (Å²) in [6, 6.07) is 6.99. The molecule has 1 saturated heterocycles. The van der Waals surface area contributed by atoms with Crippen molar-refractivity contribution in [1.82, 2.24) is 4.72 Å². The fourth-order valence-corrected chi connectivity index (χ4v) is 4.23. The van der Waals surface area contributed by atoms with Crippen molar-refractivity contribution in [2.24, 2.45) is 0 Å². The van der Waals surface area contributed by atoms with Crippen LogP contribution in [0.4, 0.5) is 5.69 Å². The zero-order valence-electron chi connectivity index (χ0n) is 11.2. The van der Waals surface area contributed by atoms with Crippen LogP contribution < -0.4 is 15.2 Å². The molecule has 0 saturated carbocycles. The van der Waals surface area contributed by atoms with Crippen molar-refractivity contribution in [2.75, 3.05) is 29.6 Å². The summed E-state index contributed by atoms with van der Waals surface area (Å²) in [4.78, 5) is 0. The van der Waals surface area contributed by atoms with Crippen molar-refractivity contribution >= 4 is 27.5 Å². The lowest BCUT2D eigenvalue weighted by Crippen LogP contribution is -2.39. The Kier molecular flexibility index (Phi) is 5.56. The number of hydrogen-bond donors (Lipinski definition) is 2. The topological polar surface area (TPSA) is 81.4 Å². The molecule has 1 aromatic rings. The number of nitrogens with two attached hydrogens (primary N) is 1. The maximum atomic E-state index is 11.9. The molecular weight excluding hydrogens is 296 g/mol. The predicted molar refractivity (Wildman–Crippen MR) is 83.6 cm³/mol. The van der Waals surface area contributed by atoms with Crippen molar-refractivity contribution < 1.29 is 13.2 Å². The normalized spacial score (nSPS) is 17.0. The fraction of sp³-hybridized carbons (Fsp3) is 0.538. The maximum absolute atomic E-state index is 11.9. The van der Waals surface area contributed by atoms with Crippen LogP contribution in [0, 0.1) is 0 Å². The highest BCUT2D eigenvalue weighted by Gasteiger charge is 2.20. The SMILES string of the molecule is Nc1ccc(OCCS(=O)(=O)NC2CCSCC2)cc1. The van der Waals surface area contributed by atoms with Crippen LogP contribution in [0.15, 0.2) is 24.3 Å². The molecule has 1 fully saturated rings. The lowest BCUT2D eigenvalue weighted by Gasteiger charge is -2.22. The molecular formula is C13H20N2O3S2. The first kappa shape index (κ1) is 15.5. The summed E-state index contributed by atoms with van der Waals surface area (Å²) in [5.41, 5.74) is 6.22. The van der Waals surface area contributed by atoms with E-state index in [0.717, 1.165) is 24.3 Å². The highest BCUT2D eigenvalue weighted by atomic mass is 32.2. The van der Waals surface area contributed by atoms with Gasteiger partial charge in [0.2, 0.25) is 10.0 Å². The molecule has 0 unspecified atom stereocenters. The van der Waals surface area contributed by atoms with Gasteiger partial charge >= 0.3 is 0 Å². The minimum atomic E-state index is -3.27. The third kappa shape index (κ3) is 5.22. The standard InChI is InChI=1S/C13H20N2O3S2/c14-11-1-3-13(4-2-11)18-7-10-20(16,17)15-12-5-8-19-9-6-12/h1-4,12,15H,5-10,14H2. The Hall–Kier alpha value is -0.920. The van der Waals surface area contributed by atoms with E-state index in [0.29, 0.717) is 11.4 Å². The smallest absolute Gasteiger partial charge is 0.215 e. The zero-order valence-corrected chi connectivity index (χ0v) is 12.9. The van der Waals surface area contributed by atoms with Crippen LogP contribution in [0.25, 0.3) is 0 Å². The lowest BCUT2D eigenvalue weighted by molar-refractivity contribution is 0.340. The average Bonchev–Trinajstić information content (AvgIpc) is 2.41. The van der Waals surface area contributed by atoms with Gasteiger partial charge in [-0.05, 0) is 48.6 Å². The summed E-state index contributed by atoms with van der Waals surface area (Å²) in [5, 5.41) is 0. The Morgan fingerprint density at radius 2 is 1.90 bits per heavy atom. The van der Waals surface area contributed by atoms with Gasteiger partial charge in [0, 0.05) is 11.7 Å². The number of thioether (sulfide) groups is 1. The molecule has 3 N–H and O–H groups in total. The molecule has 0 atom stereocenters. The number of anilines is 1. The first-order chi connectivity index (χ1) is 9.55. The third-order valence-electron chi connectivity index (χ3n) is 3.07. The van der Waals surface area contributed by atoms with Gasteiger partial charge < -0.3 is 10.5 Å². The minimum absolute atomic E-state index is 0.0268. The highest BCUT2D eigenvalue weighted by molar-refractivity contribution is 7.99. The van der Waals surface area contributed by atoms with Crippen molar-refractivity contribution in [3.05, 3.63) is 24.3 Å². The quantitative estimate of drug-likeness (QED) is 0.777. The Bertz CT molecular complexity index is 511. The maximum Gasteiger partial charge on any atom is 0.215 e. The molecule has 20 heavy (non-hydrogen) atoms. The fourth-order valence-electron chi connectivity index (χ4n) is 1.96. The molecule has 0 bridgehead atoms. The van der Waals surface area contributed by atoms with Gasteiger partial charge in [-0.3, -0.25) is 0 Å².